The Morgan fingerprint density at radius 2 is 1.71 bits per heavy atom. The molecule has 0 bridgehead atoms. The van der Waals surface area contributed by atoms with Crippen LogP contribution in [0.2, 0.25) is 19.6 Å². The molecule has 24 heavy (non-hydrogen) atoms. The van der Waals surface area contributed by atoms with Gasteiger partial charge < -0.3 is 4.74 Å². The molecule has 1 unspecified atom stereocenters. The van der Waals surface area contributed by atoms with Crippen LogP contribution in [0.3, 0.4) is 0 Å². The van der Waals surface area contributed by atoms with Gasteiger partial charge in [0, 0.05) is 18.7 Å². The lowest BCUT2D eigenvalue weighted by molar-refractivity contribution is -0.0594. The predicted molar refractivity (Wildman–Crippen MR) is 104 cm³/mol. The van der Waals surface area contributed by atoms with Gasteiger partial charge in [0.1, 0.15) is 5.75 Å². The number of hydrogen-bond donors (Lipinski definition) is 0. The highest BCUT2D eigenvalue weighted by Gasteiger charge is 2.36. The summed E-state index contributed by atoms with van der Waals surface area (Å²) in [5.41, 5.74) is 4.55. The number of nitrogens with zero attached hydrogens (tertiary/aromatic N) is 1. The molecule has 0 radical (unpaired) electrons. The van der Waals surface area contributed by atoms with Crippen LogP contribution < -0.4 is 4.74 Å². The van der Waals surface area contributed by atoms with E-state index in [1.807, 2.05) is 6.07 Å². The molecule has 0 amide bonds. The molecule has 1 aliphatic rings. The Hall–Kier alpha value is -1.84. The molecule has 1 aliphatic heterocycles. The summed E-state index contributed by atoms with van der Waals surface area (Å²) < 4.78 is 6.46. The minimum Gasteiger partial charge on any atom is -0.469 e. The van der Waals surface area contributed by atoms with E-state index in [4.69, 9.17) is 4.74 Å². The molecule has 0 aliphatic carbocycles. The normalized spacial score (nSPS) is 21.5. The van der Waals surface area contributed by atoms with Gasteiger partial charge in [-0.25, -0.2) is 0 Å². The zero-order valence-electron chi connectivity index (χ0n) is 15.1. The van der Waals surface area contributed by atoms with Gasteiger partial charge in [0.2, 0.25) is 0 Å². The Kier molecular flexibility index (Phi) is 4.66. The summed E-state index contributed by atoms with van der Waals surface area (Å²) in [5, 5.41) is 0. The van der Waals surface area contributed by atoms with Gasteiger partial charge in [-0.15, -0.1) is 0 Å². The molecule has 1 atom stereocenters. The fourth-order valence-corrected chi connectivity index (χ4v) is 3.75. The largest absolute Gasteiger partial charge is 0.469 e. The van der Waals surface area contributed by atoms with Gasteiger partial charge in [-0.1, -0.05) is 73.9 Å². The average molecular weight is 338 g/mol. The maximum absolute atomic E-state index is 6.46. The van der Waals surface area contributed by atoms with Crippen molar-refractivity contribution in [2.24, 2.45) is 0 Å². The highest BCUT2D eigenvalue weighted by molar-refractivity contribution is 6.80. The molecule has 0 saturated carbocycles. The van der Waals surface area contributed by atoms with E-state index >= 15 is 0 Å². The standard InChI is InChI=1S/C21H27NOSi/c1-21(14-15-24(2,3)4)22(16-18-10-6-5-7-11-18)17-19-12-8-9-13-20(19)23-21/h5-15H,16-17H2,1-4H3/b15-14+. The van der Waals surface area contributed by atoms with Gasteiger partial charge in [0.15, 0.2) is 5.72 Å². The van der Waals surface area contributed by atoms with E-state index in [9.17, 15) is 0 Å². The highest BCUT2D eigenvalue weighted by atomic mass is 28.3. The first-order chi connectivity index (χ1) is 11.4. The summed E-state index contributed by atoms with van der Waals surface area (Å²) in [6.45, 7) is 11.0. The molecular weight excluding hydrogens is 310 g/mol. The molecule has 0 spiro atoms. The van der Waals surface area contributed by atoms with E-state index < -0.39 is 13.8 Å². The molecule has 0 fully saturated rings. The second-order valence-electron chi connectivity index (χ2n) is 7.81. The number of ether oxygens (including phenoxy) is 1. The molecule has 0 saturated heterocycles. The summed E-state index contributed by atoms with van der Waals surface area (Å²) in [6.07, 6.45) is 2.28. The van der Waals surface area contributed by atoms with E-state index in [2.05, 4.69) is 91.8 Å². The summed E-state index contributed by atoms with van der Waals surface area (Å²) in [4.78, 5) is 2.42. The molecular formula is C21H27NOSi. The second kappa shape index (κ2) is 6.58. The van der Waals surface area contributed by atoms with Crippen LogP contribution in [-0.2, 0) is 13.1 Å². The lowest BCUT2D eigenvalue weighted by atomic mass is 10.0. The van der Waals surface area contributed by atoms with Crippen LogP contribution in [0.1, 0.15) is 18.1 Å². The summed E-state index contributed by atoms with van der Waals surface area (Å²) in [5.74, 6) is 1.00. The van der Waals surface area contributed by atoms with E-state index in [0.29, 0.717) is 0 Å². The minimum absolute atomic E-state index is 0.412. The van der Waals surface area contributed by atoms with Crippen molar-refractivity contribution in [3.8, 4) is 5.75 Å². The van der Waals surface area contributed by atoms with Gasteiger partial charge in [-0.3, -0.25) is 4.90 Å². The first kappa shape index (κ1) is 17.0. The third-order valence-corrected chi connectivity index (χ3v) is 5.55. The van der Waals surface area contributed by atoms with E-state index in [1.165, 1.54) is 11.1 Å². The highest BCUT2D eigenvalue weighted by Crippen LogP contribution is 2.35. The number of fused-ring (bicyclic) bond motifs is 1. The molecule has 0 aromatic heterocycles. The van der Waals surface area contributed by atoms with Gasteiger partial charge in [0.25, 0.3) is 0 Å². The average Bonchev–Trinajstić information content (AvgIpc) is 2.54. The SMILES string of the molecule is CC1(/C=C/[Si](C)(C)C)Oc2ccccc2CN1Cc1ccccc1. The number of hydrogen-bond acceptors (Lipinski definition) is 2. The number of para-hydroxylation sites is 1. The topological polar surface area (TPSA) is 12.5 Å². The zero-order valence-corrected chi connectivity index (χ0v) is 16.1. The fraction of sp³-hybridized carbons (Fsp3) is 0.333. The van der Waals surface area contributed by atoms with Crippen LogP contribution in [-0.4, -0.2) is 18.7 Å². The Morgan fingerprint density at radius 3 is 2.42 bits per heavy atom. The molecule has 0 N–H and O–H groups in total. The van der Waals surface area contributed by atoms with Crippen molar-refractivity contribution in [1.29, 1.82) is 0 Å². The molecule has 2 nitrogen and oxygen atoms in total. The van der Waals surface area contributed by atoms with E-state index in [-0.39, 0.29) is 0 Å². The zero-order chi connectivity index (χ0) is 17.2. The third-order valence-electron chi connectivity index (χ3n) is 4.39. The molecule has 2 aromatic rings. The fourth-order valence-electron chi connectivity index (χ4n) is 2.94. The Morgan fingerprint density at radius 1 is 1.04 bits per heavy atom. The number of rotatable bonds is 4. The van der Waals surface area contributed by atoms with Crippen LogP contribution >= 0.6 is 0 Å². The maximum atomic E-state index is 6.46. The molecule has 2 aromatic carbocycles. The van der Waals surface area contributed by atoms with Gasteiger partial charge >= 0.3 is 0 Å². The molecule has 3 rings (SSSR count). The van der Waals surface area contributed by atoms with Crippen molar-refractivity contribution in [2.75, 3.05) is 0 Å². The second-order valence-corrected chi connectivity index (χ2v) is 12.9. The summed E-state index contributed by atoms with van der Waals surface area (Å²) in [7, 11) is -1.29. The summed E-state index contributed by atoms with van der Waals surface area (Å²) >= 11 is 0. The predicted octanol–water partition coefficient (Wildman–Crippen LogP) is 5.23. The lowest BCUT2D eigenvalue weighted by Gasteiger charge is -2.44. The van der Waals surface area contributed by atoms with E-state index in [1.54, 1.807) is 0 Å². The van der Waals surface area contributed by atoms with Gasteiger partial charge in [-0.2, -0.15) is 0 Å². The Balaban J connectivity index is 1.94. The van der Waals surface area contributed by atoms with Crippen molar-refractivity contribution >= 4 is 8.07 Å². The van der Waals surface area contributed by atoms with Crippen molar-refractivity contribution < 1.29 is 4.74 Å². The molecule has 126 valence electrons. The van der Waals surface area contributed by atoms with E-state index in [0.717, 1.165) is 18.8 Å². The van der Waals surface area contributed by atoms with Crippen LogP contribution in [0.15, 0.2) is 66.4 Å². The number of benzene rings is 2. The minimum atomic E-state index is -1.29. The van der Waals surface area contributed by atoms with Gasteiger partial charge in [-0.05, 0) is 24.6 Å². The smallest absolute Gasteiger partial charge is 0.180 e. The van der Waals surface area contributed by atoms with Gasteiger partial charge in [0.05, 0.1) is 8.07 Å². The van der Waals surface area contributed by atoms with Crippen molar-refractivity contribution in [3.05, 3.63) is 77.5 Å². The molecule has 1 heterocycles. The van der Waals surface area contributed by atoms with Crippen LogP contribution in [0.5, 0.6) is 5.75 Å². The Labute approximate surface area is 146 Å². The van der Waals surface area contributed by atoms with Crippen molar-refractivity contribution in [3.63, 3.8) is 0 Å². The first-order valence-electron chi connectivity index (χ1n) is 8.62. The van der Waals surface area contributed by atoms with Crippen LogP contribution in [0.25, 0.3) is 0 Å². The molecule has 3 heteroatoms. The van der Waals surface area contributed by atoms with Crippen LogP contribution in [0, 0.1) is 0 Å². The summed E-state index contributed by atoms with van der Waals surface area (Å²) in [6, 6.07) is 19.0. The maximum Gasteiger partial charge on any atom is 0.180 e. The van der Waals surface area contributed by atoms with Crippen molar-refractivity contribution in [1.82, 2.24) is 4.90 Å². The quantitative estimate of drug-likeness (QED) is 0.708. The Bertz CT molecular complexity index is 720. The van der Waals surface area contributed by atoms with Crippen molar-refractivity contribution in [2.45, 2.75) is 45.4 Å². The lowest BCUT2D eigenvalue weighted by Crippen LogP contribution is -2.51. The third kappa shape index (κ3) is 3.97. The monoisotopic (exact) mass is 337 g/mol. The van der Waals surface area contributed by atoms with Crippen LogP contribution in [0.4, 0.5) is 0 Å². The first-order valence-corrected chi connectivity index (χ1v) is 12.2.